The fraction of sp³-hybridized carbons (Fsp3) is 0.238. The van der Waals surface area contributed by atoms with E-state index >= 15 is 0 Å². The summed E-state index contributed by atoms with van der Waals surface area (Å²) < 4.78 is 25.8. The van der Waals surface area contributed by atoms with Crippen molar-refractivity contribution in [1.29, 1.82) is 0 Å². The molecule has 8 nitrogen and oxygen atoms in total. The number of nitrogens with one attached hydrogen (secondary N) is 1. The van der Waals surface area contributed by atoms with Crippen LogP contribution < -0.4 is 24.3 Å². The average Bonchev–Trinajstić information content (AvgIpc) is 2.75. The van der Waals surface area contributed by atoms with Crippen molar-refractivity contribution in [2.75, 3.05) is 40.4 Å². The molecule has 1 amide bonds. The molecule has 0 aliphatic heterocycles. The van der Waals surface area contributed by atoms with Gasteiger partial charge in [0.2, 0.25) is 5.75 Å². The summed E-state index contributed by atoms with van der Waals surface area (Å²) in [6, 6.07) is 8.11. The molecule has 30 heavy (non-hydrogen) atoms. The van der Waals surface area contributed by atoms with Gasteiger partial charge in [0.1, 0.15) is 5.75 Å². The summed E-state index contributed by atoms with van der Waals surface area (Å²) in [5, 5.41) is 2.93. The molecule has 0 aliphatic rings. The number of amides is 1. The van der Waals surface area contributed by atoms with E-state index < -0.39 is 18.5 Å². The molecule has 2 aromatic rings. The molecule has 0 spiro atoms. The standard InChI is InChI=1S/C21H22ClNO7/c1-26-16-7-6-14(11-15(16)22)23-19(24)12-30-20(25)8-5-13-9-17(27-2)21(29-4)18(10-13)28-3/h5-11H,12H2,1-4H3,(H,23,24)/b8-5+. The molecule has 1 N–H and O–H groups in total. The van der Waals surface area contributed by atoms with Crippen molar-refractivity contribution >= 4 is 35.2 Å². The molecular weight excluding hydrogens is 414 g/mol. The van der Waals surface area contributed by atoms with Gasteiger partial charge in [0.15, 0.2) is 18.1 Å². The molecule has 0 atom stereocenters. The summed E-state index contributed by atoms with van der Waals surface area (Å²) in [7, 11) is 5.98. The molecule has 2 rings (SSSR count). The molecule has 0 bridgehead atoms. The van der Waals surface area contributed by atoms with Gasteiger partial charge in [-0.05, 0) is 42.0 Å². The van der Waals surface area contributed by atoms with Crippen LogP contribution in [0.4, 0.5) is 5.69 Å². The third-order valence-corrected chi connectivity index (χ3v) is 4.18. The lowest BCUT2D eigenvalue weighted by Gasteiger charge is -2.12. The third-order valence-electron chi connectivity index (χ3n) is 3.88. The van der Waals surface area contributed by atoms with E-state index in [-0.39, 0.29) is 0 Å². The summed E-state index contributed by atoms with van der Waals surface area (Å²) in [4.78, 5) is 23.9. The zero-order valence-electron chi connectivity index (χ0n) is 17.0. The topological polar surface area (TPSA) is 92.3 Å². The SMILES string of the molecule is COc1ccc(NC(=O)COC(=O)/C=C/c2cc(OC)c(OC)c(OC)c2)cc1Cl. The Hall–Kier alpha value is -3.39. The Morgan fingerprint density at radius 1 is 0.933 bits per heavy atom. The maximum Gasteiger partial charge on any atom is 0.331 e. The third kappa shape index (κ3) is 6.05. The number of hydrogen-bond acceptors (Lipinski definition) is 7. The van der Waals surface area contributed by atoms with Crippen molar-refractivity contribution in [3.05, 3.63) is 47.0 Å². The monoisotopic (exact) mass is 435 g/mol. The van der Waals surface area contributed by atoms with Crippen LogP contribution in [0.15, 0.2) is 36.4 Å². The zero-order valence-corrected chi connectivity index (χ0v) is 17.7. The predicted molar refractivity (Wildman–Crippen MR) is 113 cm³/mol. The van der Waals surface area contributed by atoms with Crippen molar-refractivity contribution in [1.82, 2.24) is 0 Å². The quantitative estimate of drug-likeness (QED) is 0.475. The van der Waals surface area contributed by atoms with Gasteiger partial charge in [0.25, 0.3) is 5.91 Å². The van der Waals surface area contributed by atoms with Crippen LogP contribution in [0.3, 0.4) is 0 Å². The smallest absolute Gasteiger partial charge is 0.331 e. The molecule has 160 valence electrons. The number of halogens is 1. The van der Waals surface area contributed by atoms with Gasteiger partial charge in [0.05, 0.1) is 33.5 Å². The minimum absolute atomic E-state index is 0.348. The van der Waals surface area contributed by atoms with Crippen LogP contribution in [-0.2, 0) is 14.3 Å². The fourth-order valence-electron chi connectivity index (χ4n) is 2.49. The van der Waals surface area contributed by atoms with E-state index in [1.54, 1.807) is 24.3 Å². The number of carbonyl (C=O) groups is 2. The second kappa shape index (κ2) is 11.0. The maximum absolute atomic E-state index is 12.0. The summed E-state index contributed by atoms with van der Waals surface area (Å²) in [6.07, 6.45) is 2.70. The second-order valence-corrected chi connectivity index (χ2v) is 6.20. The lowest BCUT2D eigenvalue weighted by Crippen LogP contribution is -2.20. The minimum Gasteiger partial charge on any atom is -0.495 e. The highest BCUT2D eigenvalue weighted by Gasteiger charge is 2.12. The van der Waals surface area contributed by atoms with Gasteiger partial charge in [-0.3, -0.25) is 4.79 Å². The van der Waals surface area contributed by atoms with Gasteiger partial charge in [-0.2, -0.15) is 0 Å². The molecule has 2 aromatic carbocycles. The van der Waals surface area contributed by atoms with E-state index in [2.05, 4.69) is 5.32 Å². The van der Waals surface area contributed by atoms with Crippen molar-refractivity contribution in [2.24, 2.45) is 0 Å². The number of esters is 1. The number of carbonyl (C=O) groups excluding carboxylic acids is 2. The minimum atomic E-state index is -0.688. The van der Waals surface area contributed by atoms with Crippen LogP contribution in [-0.4, -0.2) is 46.9 Å². The molecule has 0 saturated carbocycles. The van der Waals surface area contributed by atoms with Crippen LogP contribution in [0, 0.1) is 0 Å². The molecule has 0 aromatic heterocycles. The Labute approximate surface area is 179 Å². The number of hydrogen-bond donors (Lipinski definition) is 1. The Balaban J connectivity index is 1.95. The van der Waals surface area contributed by atoms with Gasteiger partial charge in [-0.25, -0.2) is 4.79 Å². The van der Waals surface area contributed by atoms with Crippen molar-refractivity contribution in [3.8, 4) is 23.0 Å². The average molecular weight is 436 g/mol. The van der Waals surface area contributed by atoms with Gasteiger partial charge >= 0.3 is 5.97 Å². The highest BCUT2D eigenvalue weighted by Crippen LogP contribution is 2.38. The summed E-state index contributed by atoms with van der Waals surface area (Å²) in [6.45, 7) is -0.456. The van der Waals surface area contributed by atoms with Crippen molar-refractivity contribution in [3.63, 3.8) is 0 Å². The fourth-order valence-corrected chi connectivity index (χ4v) is 2.75. The second-order valence-electron chi connectivity index (χ2n) is 5.80. The van der Waals surface area contributed by atoms with Gasteiger partial charge in [-0.15, -0.1) is 0 Å². The Kier molecular flexibility index (Phi) is 8.37. The number of rotatable bonds is 9. The Morgan fingerprint density at radius 3 is 2.10 bits per heavy atom. The summed E-state index contributed by atoms with van der Waals surface area (Å²) >= 11 is 6.01. The first-order valence-corrected chi connectivity index (χ1v) is 9.07. The number of benzene rings is 2. The van der Waals surface area contributed by atoms with E-state index in [1.165, 1.54) is 46.7 Å². The van der Waals surface area contributed by atoms with Crippen molar-refractivity contribution < 1.29 is 33.3 Å². The first-order valence-electron chi connectivity index (χ1n) is 8.70. The number of methoxy groups -OCH3 is 4. The van der Waals surface area contributed by atoms with Gasteiger partial charge < -0.3 is 29.0 Å². The molecular formula is C21H22ClNO7. The normalized spacial score (nSPS) is 10.4. The van der Waals surface area contributed by atoms with Crippen LogP contribution in [0.25, 0.3) is 6.08 Å². The number of anilines is 1. The highest BCUT2D eigenvalue weighted by molar-refractivity contribution is 6.32. The first-order chi connectivity index (χ1) is 14.4. The Morgan fingerprint density at radius 2 is 1.57 bits per heavy atom. The van der Waals surface area contributed by atoms with Gasteiger partial charge in [-0.1, -0.05) is 11.6 Å². The first kappa shape index (κ1) is 22.9. The van der Waals surface area contributed by atoms with Crippen LogP contribution >= 0.6 is 11.6 Å². The van der Waals surface area contributed by atoms with E-state index in [9.17, 15) is 9.59 Å². The maximum atomic E-state index is 12.0. The zero-order chi connectivity index (χ0) is 22.1. The molecule has 0 saturated heterocycles. The molecule has 0 radical (unpaired) electrons. The molecule has 9 heteroatoms. The Bertz CT molecular complexity index is 918. The van der Waals surface area contributed by atoms with E-state index in [0.717, 1.165) is 0 Å². The lowest BCUT2D eigenvalue weighted by atomic mass is 10.1. The molecule has 0 unspecified atom stereocenters. The van der Waals surface area contributed by atoms with E-state index in [4.69, 9.17) is 35.3 Å². The molecule has 0 aliphatic carbocycles. The van der Waals surface area contributed by atoms with E-state index in [1.807, 2.05) is 0 Å². The van der Waals surface area contributed by atoms with Crippen LogP contribution in [0.1, 0.15) is 5.56 Å². The molecule has 0 heterocycles. The van der Waals surface area contributed by atoms with E-state index in [0.29, 0.717) is 39.3 Å². The summed E-state index contributed by atoms with van der Waals surface area (Å²) in [5.41, 5.74) is 1.08. The molecule has 0 fully saturated rings. The number of ether oxygens (including phenoxy) is 5. The van der Waals surface area contributed by atoms with Crippen molar-refractivity contribution in [2.45, 2.75) is 0 Å². The van der Waals surface area contributed by atoms with Crippen LogP contribution in [0.2, 0.25) is 5.02 Å². The predicted octanol–water partition coefficient (Wildman–Crippen LogP) is 3.57. The van der Waals surface area contributed by atoms with Crippen LogP contribution in [0.5, 0.6) is 23.0 Å². The largest absolute Gasteiger partial charge is 0.495 e. The lowest BCUT2D eigenvalue weighted by molar-refractivity contribution is -0.142. The van der Waals surface area contributed by atoms with Gasteiger partial charge in [0, 0.05) is 11.8 Å². The highest BCUT2D eigenvalue weighted by atomic mass is 35.5. The summed E-state index contributed by atoms with van der Waals surface area (Å²) in [5.74, 6) is 0.621.